The van der Waals surface area contributed by atoms with E-state index in [-0.39, 0.29) is 17.2 Å². The van der Waals surface area contributed by atoms with Crippen LogP contribution in [0.3, 0.4) is 0 Å². The zero-order valence-electron chi connectivity index (χ0n) is 11.8. The van der Waals surface area contributed by atoms with Crippen molar-refractivity contribution in [3.8, 4) is 0 Å². The summed E-state index contributed by atoms with van der Waals surface area (Å²) in [4.78, 5) is 18.8. The Balaban J connectivity index is 2.51. The molecule has 8 heteroatoms. The van der Waals surface area contributed by atoms with E-state index in [0.717, 1.165) is 5.56 Å². The van der Waals surface area contributed by atoms with Gasteiger partial charge in [-0.25, -0.2) is 4.98 Å². The molecule has 0 aliphatic rings. The third kappa shape index (κ3) is 3.19. The van der Waals surface area contributed by atoms with E-state index in [2.05, 4.69) is 20.6 Å². The Kier molecular flexibility index (Phi) is 4.23. The molecule has 0 spiro atoms. The fourth-order valence-electron chi connectivity index (χ4n) is 1.83. The topological polar surface area (TPSA) is 93.0 Å². The highest BCUT2D eigenvalue weighted by Gasteiger charge is 2.22. The molecule has 0 bridgehead atoms. The van der Waals surface area contributed by atoms with Gasteiger partial charge in [0.1, 0.15) is 5.69 Å². The van der Waals surface area contributed by atoms with Crippen LogP contribution < -0.4 is 10.6 Å². The third-order valence-electron chi connectivity index (χ3n) is 2.84. The molecule has 0 unspecified atom stereocenters. The van der Waals surface area contributed by atoms with Crippen molar-refractivity contribution >= 4 is 34.7 Å². The first-order chi connectivity index (χ1) is 9.92. The molecule has 0 radical (unpaired) electrons. The molecule has 1 heterocycles. The Morgan fingerprint density at radius 1 is 1.29 bits per heavy atom. The molecular weight excluding hydrogens is 294 g/mol. The number of anilines is 3. The Labute approximate surface area is 126 Å². The minimum absolute atomic E-state index is 0.0996. The monoisotopic (exact) mass is 307 g/mol. The van der Waals surface area contributed by atoms with E-state index < -0.39 is 4.92 Å². The van der Waals surface area contributed by atoms with E-state index in [4.69, 9.17) is 11.6 Å². The highest BCUT2D eigenvalue weighted by Crippen LogP contribution is 2.32. The number of benzene rings is 1. The molecule has 1 aromatic heterocycles. The summed E-state index contributed by atoms with van der Waals surface area (Å²) in [5.74, 6) is 0.395. The fourth-order valence-corrected chi connectivity index (χ4v) is 2.12. The van der Waals surface area contributed by atoms with Gasteiger partial charge in [0, 0.05) is 7.05 Å². The maximum Gasteiger partial charge on any atom is 0.332 e. The van der Waals surface area contributed by atoms with Gasteiger partial charge in [0.25, 0.3) is 0 Å². The smallest absolute Gasteiger partial charge is 0.332 e. The van der Waals surface area contributed by atoms with Crippen LogP contribution in [0.15, 0.2) is 18.2 Å². The summed E-state index contributed by atoms with van der Waals surface area (Å²) in [5.41, 5.74) is 1.64. The summed E-state index contributed by atoms with van der Waals surface area (Å²) in [6, 6.07) is 5.37. The zero-order valence-corrected chi connectivity index (χ0v) is 12.5. The van der Waals surface area contributed by atoms with E-state index >= 15 is 0 Å². The number of hydrogen-bond donors (Lipinski definition) is 2. The number of aryl methyl sites for hydroxylation is 2. The summed E-state index contributed by atoms with van der Waals surface area (Å²) in [7, 11) is 1.64. The minimum atomic E-state index is -0.515. The molecule has 0 saturated carbocycles. The van der Waals surface area contributed by atoms with Crippen LogP contribution in [0.25, 0.3) is 0 Å². The van der Waals surface area contributed by atoms with Crippen molar-refractivity contribution in [3.05, 3.63) is 44.6 Å². The summed E-state index contributed by atoms with van der Waals surface area (Å²) in [6.07, 6.45) is 0. The van der Waals surface area contributed by atoms with E-state index in [1.807, 2.05) is 13.0 Å². The first-order valence-corrected chi connectivity index (χ1v) is 6.54. The Morgan fingerprint density at radius 3 is 2.57 bits per heavy atom. The van der Waals surface area contributed by atoms with Crippen molar-refractivity contribution < 1.29 is 4.92 Å². The summed E-state index contributed by atoms with van der Waals surface area (Å²) < 4.78 is 0. The Hall–Kier alpha value is -2.41. The average molecular weight is 308 g/mol. The van der Waals surface area contributed by atoms with E-state index in [1.54, 1.807) is 26.1 Å². The molecule has 0 saturated heterocycles. The number of nitrogens with one attached hydrogen (secondary N) is 2. The Morgan fingerprint density at radius 2 is 2.00 bits per heavy atom. The second kappa shape index (κ2) is 5.92. The molecule has 1 aromatic carbocycles. The highest BCUT2D eigenvalue weighted by molar-refractivity contribution is 6.33. The van der Waals surface area contributed by atoms with Crippen molar-refractivity contribution in [3.63, 3.8) is 0 Å². The number of nitrogens with zero attached hydrogens (tertiary/aromatic N) is 3. The maximum atomic E-state index is 11.2. The van der Waals surface area contributed by atoms with Gasteiger partial charge in [0.05, 0.1) is 15.6 Å². The van der Waals surface area contributed by atoms with Crippen LogP contribution in [0.1, 0.15) is 11.3 Å². The summed E-state index contributed by atoms with van der Waals surface area (Å²) in [5, 5.41) is 17.3. The SMILES string of the molecule is CNc1nc(C)c([N+](=O)[O-])c(Nc2ccc(C)cc2Cl)n1. The van der Waals surface area contributed by atoms with Crippen molar-refractivity contribution in [2.24, 2.45) is 0 Å². The highest BCUT2D eigenvalue weighted by atomic mass is 35.5. The van der Waals surface area contributed by atoms with Gasteiger partial charge in [-0.1, -0.05) is 17.7 Å². The van der Waals surface area contributed by atoms with Gasteiger partial charge in [-0.15, -0.1) is 0 Å². The van der Waals surface area contributed by atoms with Crippen molar-refractivity contribution in [2.75, 3.05) is 17.7 Å². The largest absolute Gasteiger partial charge is 0.357 e. The van der Waals surface area contributed by atoms with Gasteiger partial charge >= 0.3 is 5.69 Å². The second-order valence-electron chi connectivity index (χ2n) is 4.45. The Bertz CT molecular complexity index is 705. The van der Waals surface area contributed by atoms with Crippen LogP contribution in [0.2, 0.25) is 5.02 Å². The first kappa shape index (κ1) is 15.0. The lowest BCUT2D eigenvalue weighted by molar-refractivity contribution is -0.385. The van der Waals surface area contributed by atoms with Gasteiger partial charge in [-0.05, 0) is 31.5 Å². The standard InChI is InChI=1S/C13H14ClN5O2/c1-7-4-5-10(9(14)6-7)17-12-11(19(20)21)8(2)16-13(15-3)18-12/h4-6H,1-3H3,(H2,15,16,17,18). The van der Waals surface area contributed by atoms with Gasteiger partial charge in [-0.3, -0.25) is 10.1 Å². The van der Waals surface area contributed by atoms with Crippen LogP contribution in [0, 0.1) is 24.0 Å². The zero-order chi connectivity index (χ0) is 15.6. The number of aromatic nitrogens is 2. The lowest BCUT2D eigenvalue weighted by Gasteiger charge is -2.11. The molecule has 0 atom stereocenters. The molecule has 0 amide bonds. The van der Waals surface area contributed by atoms with Crippen LogP contribution >= 0.6 is 11.6 Å². The summed E-state index contributed by atoms with van der Waals surface area (Å²) in [6.45, 7) is 3.47. The molecule has 110 valence electrons. The number of hydrogen-bond acceptors (Lipinski definition) is 6. The van der Waals surface area contributed by atoms with Crippen molar-refractivity contribution in [2.45, 2.75) is 13.8 Å². The maximum absolute atomic E-state index is 11.2. The van der Waals surface area contributed by atoms with Crippen molar-refractivity contribution in [1.82, 2.24) is 9.97 Å². The minimum Gasteiger partial charge on any atom is -0.357 e. The molecule has 2 rings (SSSR count). The summed E-state index contributed by atoms with van der Waals surface area (Å²) >= 11 is 6.13. The van der Waals surface area contributed by atoms with Gasteiger partial charge in [0.2, 0.25) is 11.8 Å². The predicted octanol–water partition coefficient (Wildman–Crippen LogP) is 3.44. The quantitative estimate of drug-likeness (QED) is 0.664. The molecule has 0 aliphatic heterocycles. The predicted molar refractivity (Wildman–Crippen MR) is 82.4 cm³/mol. The van der Waals surface area contributed by atoms with Gasteiger partial charge in [-0.2, -0.15) is 4.98 Å². The molecular formula is C13H14ClN5O2. The lowest BCUT2D eigenvalue weighted by atomic mass is 10.2. The van der Waals surface area contributed by atoms with Crippen molar-refractivity contribution in [1.29, 1.82) is 0 Å². The van der Waals surface area contributed by atoms with Crippen LogP contribution in [-0.2, 0) is 0 Å². The van der Waals surface area contributed by atoms with Gasteiger partial charge in [0.15, 0.2) is 0 Å². The average Bonchev–Trinajstić information content (AvgIpc) is 2.40. The lowest BCUT2D eigenvalue weighted by Crippen LogP contribution is -2.07. The van der Waals surface area contributed by atoms with Gasteiger partial charge < -0.3 is 10.6 Å². The van der Waals surface area contributed by atoms with Crippen LogP contribution in [0.5, 0.6) is 0 Å². The fraction of sp³-hybridized carbons (Fsp3) is 0.231. The number of halogens is 1. The second-order valence-corrected chi connectivity index (χ2v) is 4.85. The van der Waals surface area contributed by atoms with E-state index in [9.17, 15) is 10.1 Å². The molecule has 0 aliphatic carbocycles. The molecule has 2 aromatic rings. The number of rotatable bonds is 4. The third-order valence-corrected chi connectivity index (χ3v) is 3.15. The number of nitro groups is 1. The molecule has 21 heavy (non-hydrogen) atoms. The first-order valence-electron chi connectivity index (χ1n) is 6.16. The van der Waals surface area contributed by atoms with Crippen LogP contribution in [0.4, 0.5) is 23.1 Å². The molecule has 7 nitrogen and oxygen atoms in total. The van der Waals surface area contributed by atoms with Crippen LogP contribution in [-0.4, -0.2) is 21.9 Å². The normalized spacial score (nSPS) is 10.3. The molecule has 0 fully saturated rings. The van der Waals surface area contributed by atoms with E-state index in [1.165, 1.54) is 0 Å². The van der Waals surface area contributed by atoms with E-state index in [0.29, 0.717) is 16.7 Å². The molecule has 2 N–H and O–H groups in total.